The third kappa shape index (κ3) is 2.35. The van der Waals surface area contributed by atoms with Crippen LogP contribution in [-0.2, 0) is 9.53 Å². The summed E-state index contributed by atoms with van der Waals surface area (Å²) in [4.78, 5) is 14.0. The van der Waals surface area contributed by atoms with Gasteiger partial charge in [-0.2, -0.15) is 5.26 Å². The summed E-state index contributed by atoms with van der Waals surface area (Å²) in [5.74, 6) is 0.463. The van der Waals surface area contributed by atoms with E-state index in [1.165, 1.54) is 20.0 Å². The number of esters is 1. The first-order valence-electron chi connectivity index (χ1n) is 6.26. The number of carbonyl (C=O) groups is 1. The van der Waals surface area contributed by atoms with Gasteiger partial charge in [0.2, 0.25) is 0 Å². The molecule has 0 N–H and O–H groups in total. The summed E-state index contributed by atoms with van der Waals surface area (Å²) in [6, 6.07) is 2.31. The monoisotopic (exact) mass is 266 g/mol. The zero-order valence-electron chi connectivity index (χ0n) is 10.8. The minimum absolute atomic E-state index is 0.0585. The summed E-state index contributed by atoms with van der Waals surface area (Å²) in [5.41, 5.74) is 1.90. The standard InChI is InChI=1S/C13H18N2O2S/c1-9-10(7-14)11(15-5-3-4-6-15)8-18-12(9)13(16)17-2/h9,12H,3-6,8H2,1-2H3. The Hall–Kier alpha value is -1.15. The summed E-state index contributed by atoms with van der Waals surface area (Å²) in [6.07, 6.45) is 2.39. The lowest BCUT2D eigenvalue weighted by Crippen LogP contribution is -2.35. The molecule has 2 aliphatic heterocycles. The Labute approximate surface area is 112 Å². The number of carbonyl (C=O) groups excluding carboxylic acids is 1. The van der Waals surface area contributed by atoms with Crippen LogP contribution in [0.5, 0.6) is 0 Å². The van der Waals surface area contributed by atoms with E-state index in [1.807, 2.05) is 6.92 Å². The highest BCUT2D eigenvalue weighted by molar-refractivity contribution is 8.00. The van der Waals surface area contributed by atoms with E-state index in [9.17, 15) is 10.1 Å². The third-order valence-corrected chi connectivity index (χ3v) is 5.06. The quantitative estimate of drug-likeness (QED) is 0.713. The molecule has 0 spiro atoms. The molecule has 1 saturated heterocycles. The van der Waals surface area contributed by atoms with Crippen molar-refractivity contribution in [1.82, 2.24) is 4.90 Å². The van der Waals surface area contributed by atoms with Crippen molar-refractivity contribution in [1.29, 1.82) is 5.26 Å². The second-order valence-corrected chi connectivity index (χ2v) is 5.84. The molecule has 2 unspecified atom stereocenters. The van der Waals surface area contributed by atoms with Crippen LogP contribution >= 0.6 is 11.8 Å². The lowest BCUT2D eigenvalue weighted by Gasteiger charge is -2.32. The molecule has 2 atom stereocenters. The van der Waals surface area contributed by atoms with E-state index in [4.69, 9.17) is 4.74 Å². The SMILES string of the molecule is COC(=O)C1SCC(N2CCCC2)=C(C#N)C1C. The molecule has 1 fully saturated rings. The van der Waals surface area contributed by atoms with Gasteiger partial charge in [-0.25, -0.2) is 0 Å². The fourth-order valence-electron chi connectivity index (χ4n) is 2.61. The molecule has 2 aliphatic rings. The van der Waals surface area contributed by atoms with Gasteiger partial charge in [-0.05, 0) is 12.8 Å². The van der Waals surface area contributed by atoms with Gasteiger partial charge in [0.1, 0.15) is 5.25 Å². The predicted octanol–water partition coefficient (Wildman–Crippen LogP) is 1.78. The van der Waals surface area contributed by atoms with E-state index < -0.39 is 0 Å². The minimum Gasteiger partial charge on any atom is -0.468 e. The highest BCUT2D eigenvalue weighted by atomic mass is 32.2. The fraction of sp³-hybridized carbons (Fsp3) is 0.692. The summed E-state index contributed by atoms with van der Waals surface area (Å²) in [6.45, 7) is 4.02. The molecule has 2 rings (SSSR count). The van der Waals surface area contributed by atoms with Gasteiger partial charge >= 0.3 is 5.97 Å². The Balaban J connectivity index is 2.24. The zero-order chi connectivity index (χ0) is 13.1. The maximum absolute atomic E-state index is 11.7. The maximum Gasteiger partial charge on any atom is 0.319 e. The zero-order valence-corrected chi connectivity index (χ0v) is 11.6. The van der Waals surface area contributed by atoms with E-state index in [2.05, 4.69) is 11.0 Å². The van der Waals surface area contributed by atoms with Crippen molar-refractivity contribution in [2.75, 3.05) is 26.0 Å². The number of likely N-dealkylation sites (tertiary alicyclic amines) is 1. The Morgan fingerprint density at radius 1 is 1.50 bits per heavy atom. The van der Waals surface area contributed by atoms with Crippen LogP contribution in [0.25, 0.3) is 0 Å². The molecule has 0 saturated carbocycles. The van der Waals surface area contributed by atoms with E-state index in [0.717, 1.165) is 30.1 Å². The fourth-order valence-corrected chi connectivity index (χ4v) is 3.94. The van der Waals surface area contributed by atoms with Crippen LogP contribution < -0.4 is 0 Å². The summed E-state index contributed by atoms with van der Waals surface area (Å²) < 4.78 is 4.81. The Bertz CT molecular complexity index is 408. The highest BCUT2D eigenvalue weighted by Gasteiger charge is 2.36. The van der Waals surface area contributed by atoms with Crippen molar-refractivity contribution < 1.29 is 9.53 Å². The van der Waals surface area contributed by atoms with Crippen molar-refractivity contribution in [3.63, 3.8) is 0 Å². The highest BCUT2D eigenvalue weighted by Crippen LogP contribution is 2.37. The van der Waals surface area contributed by atoms with Gasteiger partial charge in [-0.3, -0.25) is 4.79 Å². The van der Waals surface area contributed by atoms with E-state index >= 15 is 0 Å². The van der Waals surface area contributed by atoms with Crippen LogP contribution in [-0.4, -0.2) is 42.1 Å². The van der Waals surface area contributed by atoms with Gasteiger partial charge in [0.05, 0.1) is 18.8 Å². The molecule has 0 aromatic carbocycles. The molecule has 0 radical (unpaired) electrons. The van der Waals surface area contributed by atoms with E-state index in [1.54, 1.807) is 11.8 Å². The molecule has 0 amide bonds. The third-order valence-electron chi connectivity index (χ3n) is 3.66. The number of methoxy groups -OCH3 is 1. The van der Waals surface area contributed by atoms with Crippen LogP contribution in [0.15, 0.2) is 11.3 Å². The van der Waals surface area contributed by atoms with Gasteiger partial charge < -0.3 is 9.64 Å². The number of thioether (sulfide) groups is 1. The Morgan fingerprint density at radius 2 is 2.17 bits per heavy atom. The minimum atomic E-state index is -0.240. The van der Waals surface area contributed by atoms with Gasteiger partial charge in [0.15, 0.2) is 0 Å². The number of allylic oxidation sites excluding steroid dienone is 1. The van der Waals surface area contributed by atoms with Crippen molar-refractivity contribution in [2.24, 2.45) is 5.92 Å². The van der Waals surface area contributed by atoms with Crippen molar-refractivity contribution >= 4 is 17.7 Å². The first kappa shape index (κ1) is 13.3. The van der Waals surface area contributed by atoms with Crippen LogP contribution in [0.2, 0.25) is 0 Å². The van der Waals surface area contributed by atoms with Gasteiger partial charge in [0, 0.05) is 30.5 Å². The number of rotatable bonds is 2. The molecule has 2 heterocycles. The smallest absolute Gasteiger partial charge is 0.319 e. The predicted molar refractivity (Wildman–Crippen MR) is 70.9 cm³/mol. The van der Waals surface area contributed by atoms with E-state index in [0.29, 0.717) is 0 Å². The number of hydrogen-bond acceptors (Lipinski definition) is 5. The molecule has 0 aliphatic carbocycles. The van der Waals surface area contributed by atoms with Crippen molar-refractivity contribution in [3.05, 3.63) is 11.3 Å². The molecular formula is C13H18N2O2S. The maximum atomic E-state index is 11.7. The lowest BCUT2D eigenvalue weighted by atomic mass is 9.95. The van der Waals surface area contributed by atoms with Crippen LogP contribution in [0.4, 0.5) is 0 Å². The second-order valence-electron chi connectivity index (χ2n) is 4.71. The molecule has 98 valence electrons. The molecule has 0 aromatic rings. The number of nitriles is 1. The molecule has 0 bridgehead atoms. The van der Waals surface area contributed by atoms with Crippen LogP contribution in [0.3, 0.4) is 0 Å². The summed E-state index contributed by atoms with van der Waals surface area (Å²) >= 11 is 1.59. The van der Waals surface area contributed by atoms with E-state index in [-0.39, 0.29) is 17.1 Å². The Morgan fingerprint density at radius 3 is 2.72 bits per heavy atom. The second kappa shape index (κ2) is 5.66. The largest absolute Gasteiger partial charge is 0.468 e. The normalized spacial score (nSPS) is 28.2. The molecule has 4 nitrogen and oxygen atoms in total. The average Bonchev–Trinajstić information content (AvgIpc) is 2.91. The Kier molecular flexibility index (Phi) is 4.18. The van der Waals surface area contributed by atoms with Gasteiger partial charge in [-0.1, -0.05) is 6.92 Å². The average molecular weight is 266 g/mol. The molecular weight excluding hydrogens is 248 g/mol. The number of ether oxygens (including phenoxy) is 1. The lowest BCUT2D eigenvalue weighted by molar-refractivity contribution is -0.140. The van der Waals surface area contributed by atoms with Gasteiger partial charge in [-0.15, -0.1) is 11.8 Å². The van der Waals surface area contributed by atoms with Crippen LogP contribution in [0, 0.1) is 17.2 Å². The summed E-state index contributed by atoms with van der Waals surface area (Å²) in [7, 11) is 1.40. The molecule has 0 aromatic heterocycles. The van der Waals surface area contributed by atoms with Gasteiger partial charge in [0.25, 0.3) is 0 Å². The van der Waals surface area contributed by atoms with Crippen LogP contribution in [0.1, 0.15) is 19.8 Å². The first-order chi connectivity index (χ1) is 8.69. The summed E-state index contributed by atoms with van der Waals surface area (Å²) in [5, 5.41) is 9.13. The molecule has 5 heteroatoms. The number of nitrogens with zero attached hydrogens (tertiary/aromatic N) is 2. The number of hydrogen-bond donors (Lipinski definition) is 0. The topological polar surface area (TPSA) is 53.3 Å². The first-order valence-corrected chi connectivity index (χ1v) is 7.31. The molecule has 18 heavy (non-hydrogen) atoms. The van der Waals surface area contributed by atoms with Crippen molar-refractivity contribution in [2.45, 2.75) is 25.0 Å². The van der Waals surface area contributed by atoms with Crippen molar-refractivity contribution in [3.8, 4) is 6.07 Å².